The van der Waals surface area contributed by atoms with Gasteiger partial charge in [0.1, 0.15) is 0 Å². The number of hydrogen-bond donors (Lipinski definition) is 0. The van der Waals surface area contributed by atoms with E-state index in [4.69, 9.17) is 0 Å². The third-order valence-electron chi connectivity index (χ3n) is 5.15. The summed E-state index contributed by atoms with van der Waals surface area (Å²) in [4.78, 5) is 17.9. The molecule has 0 radical (unpaired) electrons. The van der Waals surface area contributed by atoms with E-state index in [0.717, 1.165) is 28.6 Å². The van der Waals surface area contributed by atoms with Crippen LogP contribution in [0, 0.1) is 6.92 Å². The summed E-state index contributed by atoms with van der Waals surface area (Å²) in [6.07, 6.45) is 3.54. The van der Waals surface area contributed by atoms with E-state index in [-0.39, 0.29) is 4.90 Å². The molecule has 1 aliphatic rings. The first-order chi connectivity index (χ1) is 14.4. The Morgan fingerprint density at radius 1 is 1.17 bits per heavy atom. The Bertz CT molecular complexity index is 1280. The first-order valence-electron chi connectivity index (χ1n) is 9.80. The van der Waals surface area contributed by atoms with Crippen molar-refractivity contribution in [2.45, 2.75) is 31.2 Å². The first-order valence-corrected chi connectivity index (χ1v) is 12.1. The second-order valence-corrected chi connectivity index (χ2v) is 10.3. The van der Waals surface area contributed by atoms with Crippen LogP contribution in [0.4, 0.5) is 0 Å². The highest BCUT2D eigenvalue weighted by Gasteiger charge is 2.27. The normalized spacial score (nSPS) is 15.7. The maximum absolute atomic E-state index is 12.8. The lowest BCUT2D eigenvalue weighted by Gasteiger charge is -2.15. The van der Waals surface area contributed by atoms with E-state index in [9.17, 15) is 13.2 Å². The zero-order chi connectivity index (χ0) is 21.3. The molecule has 2 aromatic carbocycles. The second kappa shape index (κ2) is 8.29. The molecule has 4 rings (SSSR count). The van der Waals surface area contributed by atoms with Crippen LogP contribution >= 0.6 is 11.3 Å². The second-order valence-electron chi connectivity index (χ2n) is 7.31. The standard InChI is InChI=1S/C22H23N3O3S2/c1-3-12-25-19-11-6-16(2)15-20(19)29-22(25)23-21(26)17-7-9-18(10-8-17)30(27,28)24-13-4-5-14-24/h3,6-11,15H,1,4-5,12-14H2,2H3. The third-order valence-corrected chi connectivity index (χ3v) is 8.11. The predicted molar refractivity (Wildman–Crippen MR) is 119 cm³/mol. The number of nitrogens with zero attached hydrogens (tertiary/aromatic N) is 3. The number of rotatable bonds is 5. The number of carbonyl (C=O) groups excluding carboxylic acids is 1. The Labute approximate surface area is 179 Å². The Kier molecular flexibility index (Phi) is 5.73. The van der Waals surface area contributed by atoms with Crippen LogP contribution in [0.15, 0.2) is 65.0 Å². The average Bonchev–Trinajstić information content (AvgIpc) is 3.38. The zero-order valence-electron chi connectivity index (χ0n) is 16.7. The third kappa shape index (κ3) is 3.90. The molecule has 0 unspecified atom stereocenters. The summed E-state index contributed by atoms with van der Waals surface area (Å²) in [7, 11) is -3.50. The minimum Gasteiger partial charge on any atom is -0.312 e. The van der Waals surface area contributed by atoms with E-state index in [1.807, 2.05) is 23.6 Å². The van der Waals surface area contributed by atoms with Crippen LogP contribution in [-0.4, -0.2) is 36.3 Å². The molecule has 1 aromatic heterocycles. The minimum absolute atomic E-state index is 0.208. The molecule has 1 saturated heterocycles. The molecule has 1 fully saturated rings. The van der Waals surface area contributed by atoms with Crippen LogP contribution < -0.4 is 4.80 Å². The average molecular weight is 442 g/mol. The molecular formula is C22H23N3O3S2. The highest BCUT2D eigenvalue weighted by atomic mass is 32.2. The number of hydrogen-bond acceptors (Lipinski definition) is 4. The van der Waals surface area contributed by atoms with Crippen molar-refractivity contribution in [3.63, 3.8) is 0 Å². The van der Waals surface area contributed by atoms with Crippen molar-refractivity contribution in [1.82, 2.24) is 8.87 Å². The van der Waals surface area contributed by atoms with Gasteiger partial charge in [-0.05, 0) is 61.7 Å². The van der Waals surface area contributed by atoms with E-state index in [2.05, 4.69) is 17.6 Å². The van der Waals surface area contributed by atoms with Crippen LogP contribution in [0.3, 0.4) is 0 Å². The molecule has 156 valence electrons. The van der Waals surface area contributed by atoms with Gasteiger partial charge in [0.05, 0.1) is 15.1 Å². The van der Waals surface area contributed by atoms with E-state index < -0.39 is 15.9 Å². The molecule has 0 spiro atoms. The summed E-state index contributed by atoms with van der Waals surface area (Å²) in [5.74, 6) is -0.402. The predicted octanol–water partition coefficient (Wildman–Crippen LogP) is 3.72. The largest absolute Gasteiger partial charge is 0.312 e. The molecule has 0 atom stereocenters. The molecular weight excluding hydrogens is 418 g/mol. The molecule has 30 heavy (non-hydrogen) atoms. The first kappa shape index (κ1) is 20.7. The van der Waals surface area contributed by atoms with Gasteiger partial charge < -0.3 is 4.57 Å². The monoisotopic (exact) mass is 441 g/mol. The molecule has 8 heteroatoms. The molecule has 0 N–H and O–H groups in total. The van der Waals surface area contributed by atoms with Gasteiger partial charge in [-0.2, -0.15) is 9.30 Å². The Morgan fingerprint density at radius 3 is 2.53 bits per heavy atom. The van der Waals surface area contributed by atoms with Crippen molar-refractivity contribution in [2.75, 3.05) is 13.1 Å². The van der Waals surface area contributed by atoms with E-state index >= 15 is 0 Å². The molecule has 0 aliphatic carbocycles. The minimum atomic E-state index is -3.50. The number of sulfonamides is 1. The highest BCUT2D eigenvalue weighted by molar-refractivity contribution is 7.89. The number of carbonyl (C=O) groups is 1. The Morgan fingerprint density at radius 2 is 1.87 bits per heavy atom. The maximum atomic E-state index is 12.8. The fourth-order valence-corrected chi connectivity index (χ4v) is 6.22. The van der Waals surface area contributed by atoms with Crippen LogP contribution in [0.25, 0.3) is 10.2 Å². The zero-order valence-corrected chi connectivity index (χ0v) is 18.4. The summed E-state index contributed by atoms with van der Waals surface area (Å²) >= 11 is 1.45. The van der Waals surface area contributed by atoms with Crippen LogP contribution in [0.5, 0.6) is 0 Å². The molecule has 1 amide bonds. The summed E-state index contributed by atoms with van der Waals surface area (Å²) in [5.41, 5.74) is 2.50. The number of aryl methyl sites for hydroxylation is 1. The molecule has 2 heterocycles. The van der Waals surface area contributed by atoms with Crippen LogP contribution in [0.2, 0.25) is 0 Å². The van der Waals surface area contributed by atoms with Gasteiger partial charge in [-0.15, -0.1) is 6.58 Å². The summed E-state index contributed by atoms with van der Waals surface area (Å²) in [6, 6.07) is 12.2. The quantitative estimate of drug-likeness (QED) is 0.567. The number of benzene rings is 2. The van der Waals surface area contributed by atoms with Crippen molar-refractivity contribution < 1.29 is 13.2 Å². The number of fused-ring (bicyclic) bond motifs is 1. The summed E-state index contributed by atoms with van der Waals surface area (Å²) in [5, 5.41) is 0. The lowest BCUT2D eigenvalue weighted by Crippen LogP contribution is -2.27. The molecule has 3 aromatic rings. The van der Waals surface area contributed by atoms with E-state index in [1.165, 1.54) is 39.9 Å². The number of aromatic nitrogens is 1. The smallest absolute Gasteiger partial charge is 0.279 e. The maximum Gasteiger partial charge on any atom is 0.279 e. The molecule has 0 saturated carbocycles. The Balaban J connectivity index is 1.67. The summed E-state index contributed by atoms with van der Waals surface area (Å²) < 4.78 is 29.8. The van der Waals surface area contributed by atoms with Crippen LogP contribution in [0.1, 0.15) is 28.8 Å². The van der Waals surface area contributed by atoms with E-state index in [0.29, 0.717) is 30.0 Å². The van der Waals surface area contributed by atoms with E-state index in [1.54, 1.807) is 6.08 Å². The fourth-order valence-electron chi connectivity index (χ4n) is 3.57. The van der Waals surface area contributed by atoms with Gasteiger partial charge in [0, 0.05) is 25.2 Å². The highest BCUT2D eigenvalue weighted by Crippen LogP contribution is 2.22. The van der Waals surface area contributed by atoms with Gasteiger partial charge in [0.25, 0.3) is 5.91 Å². The van der Waals surface area contributed by atoms with Gasteiger partial charge in [-0.1, -0.05) is 23.5 Å². The fraction of sp³-hybridized carbons (Fsp3) is 0.273. The lowest BCUT2D eigenvalue weighted by molar-refractivity contribution is 0.0998. The topological polar surface area (TPSA) is 71.7 Å². The molecule has 0 bridgehead atoms. The number of amides is 1. The summed E-state index contributed by atoms with van der Waals surface area (Å²) in [6.45, 7) is 7.47. The van der Waals surface area contributed by atoms with Crippen molar-refractivity contribution in [2.24, 2.45) is 4.99 Å². The van der Waals surface area contributed by atoms with Gasteiger partial charge in [-0.3, -0.25) is 4.79 Å². The number of thiazole rings is 1. The Hall–Kier alpha value is -2.55. The van der Waals surface area contributed by atoms with Gasteiger partial charge in [0.15, 0.2) is 4.80 Å². The SMILES string of the molecule is C=CCn1c(=NC(=O)c2ccc(S(=O)(=O)N3CCCC3)cc2)sc2cc(C)ccc21. The van der Waals surface area contributed by atoms with Crippen molar-refractivity contribution in [1.29, 1.82) is 0 Å². The molecule has 6 nitrogen and oxygen atoms in total. The van der Waals surface area contributed by atoms with Crippen molar-refractivity contribution >= 4 is 37.5 Å². The van der Waals surface area contributed by atoms with Crippen molar-refractivity contribution in [3.8, 4) is 0 Å². The van der Waals surface area contributed by atoms with Crippen molar-refractivity contribution in [3.05, 3.63) is 71.0 Å². The number of allylic oxidation sites excluding steroid dienone is 1. The van der Waals surface area contributed by atoms with Gasteiger partial charge >= 0.3 is 0 Å². The van der Waals surface area contributed by atoms with Gasteiger partial charge in [-0.25, -0.2) is 8.42 Å². The van der Waals surface area contributed by atoms with Gasteiger partial charge in [0.2, 0.25) is 10.0 Å². The molecule has 1 aliphatic heterocycles. The van der Waals surface area contributed by atoms with Crippen LogP contribution in [-0.2, 0) is 16.6 Å². The lowest BCUT2D eigenvalue weighted by atomic mass is 10.2.